The highest BCUT2D eigenvalue weighted by Gasteiger charge is 2.39. The van der Waals surface area contributed by atoms with E-state index in [-0.39, 0.29) is 24.2 Å². The van der Waals surface area contributed by atoms with Crippen molar-refractivity contribution in [2.24, 2.45) is 16.7 Å². The summed E-state index contributed by atoms with van der Waals surface area (Å²) in [4.78, 5) is 12.2. The van der Waals surface area contributed by atoms with E-state index in [2.05, 4.69) is 38.3 Å². The summed E-state index contributed by atoms with van der Waals surface area (Å²) in [6, 6.07) is 0.358. The van der Waals surface area contributed by atoms with Crippen LogP contribution >= 0.6 is 12.4 Å². The fraction of sp³-hybridized carbons (Fsp3) is 0.933. The number of amides is 1. The molecule has 1 aliphatic carbocycles. The van der Waals surface area contributed by atoms with Gasteiger partial charge in [-0.15, -0.1) is 12.4 Å². The van der Waals surface area contributed by atoms with E-state index < -0.39 is 0 Å². The predicted octanol–water partition coefficient (Wildman–Crippen LogP) is 2.74. The van der Waals surface area contributed by atoms with Crippen LogP contribution in [0.1, 0.15) is 53.4 Å². The van der Waals surface area contributed by atoms with Crippen LogP contribution in [0, 0.1) is 16.7 Å². The van der Waals surface area contributed by atoms with Gasteiger partial charge in [0.1, 0.15) is 0 Å². The normalized spacial score (nSPS) is 29.6. The monoisotopic (exact) mass is 288 g/mol. The lowest BCUT2D eigenvalue weighted by Crippen LogP contribution is -2.47. The first-order chi connectivity index (χ1) is 8.27. The summed E-state index contributed by atoms with van der Waals surface area (Å²) in [5, 5.41) is 6.56. The molecule has 1 saturated carbocycles. The Morgan fingerprint density at radius 1 is 1.16 bits per heavy atom. The van der Waals surface area contributed by atoms with Gasteiger partial charge in [0, 0.05) is 12.6 Å². The summed E-state index contributed by atoms with van der Waals surface area (Å²) in [7, 11) is 0. The molecule has 1 unspecified atom stereocenters. The Bertz CT molecular complexity index is 306. The van der Waals surface area contributed by atoms with Crippen LogP contribution in [0.25, 0.3) is 0 Å². The van der Waals surface area contributed by atoms with Crippen molar-refractivity contribution in [1.29, 1.82) is 0 Å². The number of hydrogen-bond donors (Lipinski definition) is 2. The third kappa shape index (κ3) is 4.64. The molecule has 2 fully saturated rings. The number of carbonyl (C=O) groups excluding carboxylic acids is 1. The number of rotatable bonds is 2. The second kappa shape index (κ2) is 6.01. The molecule has 1 aliphatic heterocycles. The van der Waals surface area contributed by atoms with Crippen LogP contribution in [0.3, 0.4) is 0 Å². The highest BCUT2D eigenvalue weighted by atomic mass is 35.5. The van der Waals surface area contributed by atoms with Gasteiger partial charge in [0.2, 0.25) is 5.91 Å². The van der Waals surface area contributed by atoms with Gasteiger partial charge in [0.25, 0.3) is 0 Å². The molecule has 2 rings (SSSR count). The Morgan fingerprint density at radius 2 is 1.74 bits per heavy atom. The summed E-state index contributed by atoms with van der Waals surface area (Å²) in [6.45, 7) is 11.1. The van der Waals surface area contributed by atoms with Gasteiger partial charge in [0.15, 0.2) is 0 Å². The number of carbonyl (C=O) groups is 1. The van der Waals surface area contributed by atoms with Crippen molar-refractivity contribution >= 4 is 18.3 Å². The predicted molar refractivity (Wildman–Crippen MR) is 81.6 cm³/mol. The molecule has 0 bridgehead atoms. The summed E-state index contributed by atoms with van der Waals surface area (Å²) < 4.78 is 0. The minimum Gasteiger partial charge on any atom is -0.353 e. The van der Waals surface area contributed by atoms with Crippen molar-refractivity contribution in [2.45, 2.75) is 59.4 Å². The third-order valence-corrected chi connectivity index (χ3v) is 4.33. The lowest BCUT2D eigenvalue weighted by molar-refractivity contribution is -0.126. The van der Waals surface area contributed by atoms with Gasteiger partial charge in [-0.05, 0) is 43.1 Å². The number of halogens is 1. The molecule has 3 nitrogen and oxygen atoms in total. The lowest BCUT2D eigenvalue weighted by Gasteiger charge is -2.45. The van der Waals surface area contributed by atoms with Gasteiger partial charge in [-0.1, -0.05) is 27.7 Å². The largest absolute Gasteiger partial charge is 0.353 e. The van der Waals surface area contributed by atoms with Crippen molar-refractivity contribution in [3.05, 3.63) is 0 Å². The number of nitrogens with one attached hydrogen (secondary N) is 2. The summed E-state index contributed by atoms with van der Waals surface area (Å²) in [5.41, 5.74) is 0.682. The first kappa shape index (κ1) is 16.8. The van der Waals surface area contributed by atoms with Crippen molar-refractivity contribution in [3.63, 3.8) is 0 Å². The molecule has 0 radical (unpaired) electrons. The Labute approximate surface area is 123 Å². The number of hydrogen-bond acceptors (Lipinski definition) is 2. The fourth-order valence-electron chi connectivity index (χ4n) is 4.15. The third-order valence-electron chi connectivity index (χ3n) is 4.33. The fourth-order valence-corrected chi connectivity index (χ4v) is 4.15. The second-order valence-electron chi connectivity index (χ2n) is 7.81. The van der Waals surface area contributed by atoms with Gasteiger partial charge in [-0.25, -0.2) is 0 Å². The van der Waals surface area contributed by atoms with Crippen molar-refractivity contribution in [1.82, 2.24) is 10.6 Å². The summed E-state index contributed by atoms with van der Waals surface area (Å²) >= 11 is 0. The maximum Gasteiger partial charge on any atom is 0.224 e. The topological polar surface area (TPSA) is 41.1 Å². The van der Waals surface area contributed by atoms with Crippen molar-refractivity contribution < 1.29 is 4.79 Å². The van der Waals surface area contributed by atoms with Crippen LogP contribution in [0.2, 0.25) is 0 Å². The molecule has 4 heteroatoms. The first-order valence-corrected chi connectivity index (χ1v) is 7.29. The first-order valence-electron chi connectivity index (χ1n) is 7.29. The molecule has 1 atom stereocenters. The van der Waals surface area contributed by atoms with E-state index in [1.54, 1.807) is 0 Å². The molecular weight excluding hydrogens is 260 g/mol. The van der Waals surface area contributed by atoms with E-state index in [4.69, 9.17) is 0 Å². The SMILES string of the molecule is CC1(C)CC(NC(=O)C2CCNC2)CC(C)(C)C1.Cl. The maximum atomic E-state index is 12.2. The molecule has 1 heterocycles. The van der Waals surface area contributed by atoms with Gasteiger partial charge < -0.3 is 10.6 Å². The molecule has 0 aromatic rings. The van der Waals surface area contributed by atoms with Gasteiger partial charge in [0.05, 0.1) is 5.92 Å². The quantitative estimate of drug-likeness (QED) is 0.820. The molecule has 0 aromatic heterocycles. The Kier molecular flexibility index (Phi) is 5.30. The highest BCUT2D eigenvalue weighted by Crippen LogP contribution is 2.45. The van der Waals surface area contributed by atoms with Gasteiger partial charge in [-0.2, -0.15) is 0 Å². The molecule has 0 spiro atoms. The smallest absolute Gasteiger partial charge is 0.224 e. The van der Waals surface area contributed by atoms with E-state index in [1.807, 2.05) is 0 Å². The van der Waals surface area contributed by atoms with E-state index in [1.165, 1.54) is 6.42 Å². The van der Waals surface area contributed by atoms with Crippen LogP contribution in [-0.4, -0.2) is 25.0 Å². The van der Waals surface area contributed by atoms with Crippen LogP contribution in [0.15, 0.2) is 0 Å². The van der Waals surface area contributed by atoms with Crippen LogP contribution in [-0.2, 0) is 4.79 Å². The Morgan fingerprint density at radius 3 is 2.21 bits per heavy atom. The molecule has 1 saturated heterocycles. The van der Waals surface area contributed by atoms with E-state index >= 15 is 0 Å². The van der Waals surface area contributed by atoms with Gasteiger partial charge >= 0.3 is 0 Å². The molecule has 2 N–H and O–H groups in total. The van der Waals surface area contributed by atoms with Crippen LogP contribution in [0.5, 0.6) is 0 Å². The Balaban J connectivity index is 0.00000180. The van der Waals surface area contributed by atoms with Crippen molar-refractivity contribution in [2.75, 3.05) is 13.1 Å². The standard InChI is InChI=1S/C15H28N2O.ClH/c1-14(2)7-12(8-15(3,4)10-14)17-13(18)11-5-6-16-9-11;/h11-12,16H,5-10H2,1-4H3,(H,17,18);1H. The molecule has 112 valence electrons. The maximum absolute atomic E-state index is 12.2. The molecule has 1 amide bonds. The molecule has 0 aromatic carbocycles. The van der Waals surface area contributed by atoms with E-state index in [0.717, 1.165) is 32.4 Å². The van der Waals surface area contributed by atoms with Crippen LogP contribution < -0.4 is 10.6 Å². The van der Waals surface area contributed by atoms with E-state index in [0.29, 0.717) is 16.9 Å². The minimum atomic E-state index is 0. The summed E-state index contributed by atoms with van der Waals surface area (Å²) in [5.74, 6) is 0.455. The second-order valence-corrected chi connectivity index (χ2v) is 7.81. The average molecular weight is 289 g/mol. The molecular formula is C15H29ClN2O. The summed E-state index contributed by atoms with van der Waals surface area (Å²) in [6.07, 6.45) is 4.47. The zero-order chi connectivity index (χ0) is 13.4. The zero-order valence-electron chi connectivity index (χ0n) is 12.7. The molecule has 19 heavy (non-hydrogen) atoms. The minimum absolute atomic E-state index is 0. The van der Waals surface area contributed by atoms with Crippen molar-refractivity contribution in [3.8, 4) is 0 Å². The lowest BCUT2D eigenvalue weighted by atomic mass is 9.63. The highest BCUT2D eigenvalue weighted by molar-refractivity contribution is 5.85. The average Bonchev–Trinajstić information content (AvgIpc) is 2.63. The van der Waals surface area contributed by atoms with E-state index in [9.17, 15) is 4.79 Å². The Hall–Kier alpha value is -0.280. The molecule has 2 aliphatic rings. The van der Waals surface area contributed by atoms with Gasteiger partial charge in [-0.3, -0.25) is 4.79 Å². The van der Waals surface area contributed by atoms with Crippen LogP contribution in [0.4, 0.5) is 0 Å². The zero-order valence-corrected chi connectivity index (χ0v) is 13.5.